The summed E-state index contributed by atoms with van der Waals surface area (Å²) in [5.41, 5.74) is 1.02. The Morgan fingerprint density at radius 2 is 2.05 bits per heavy atom. The number of hydrogen-bond donors (Lipinski definition) is 1. The third-order valence-electron chi connectivity index (χ3n) is 3.74. The van der Waals surface area contributed by atoms with Crippen LogP contribution in [0.1, 0.15) is 42.1 Å². The van der Waals surface area contributed by atoms with Crippen LogP contribution in [-0.2, 0) is 10.0 Å². The first-order chi connectivity index (χ1) is 9.30. The van der Waals surface area contributed by atoms with E-state index in [1.807, 2.05) is 13.8 Å². The average molecular weight is 296 g/mol. The van der Waals surface area contributed by atoms with Crippen molar-refractivity contribution in [3.05, 3.63) is 29.3 Å². The van der Waals surface area contributed by atoms with Crippen LogP contribution in [0.2, 0.25) is 0 Å². The Labute approximate surface area is 119 Å². The number of piperidine rings is 1. The fraction of sp³-hybridized carbons (Fsp3) is 0.500. The van der Waals surface area contributed by atoms with E-state index in [1.54, 1.807) is 17.0 Å². The van der Waals surface area contributed by atoms with Crippen molar-refractivity contribution in [3.63, 3.8) is 0 Å². The number of rotatable bonds is 2. The van der Waals surface area contributed by atoms with Gasteiger partial charge in [-0.05, 0) is 45.2 Å². The Hall–Kier alpha value is -1.40. The zero-order valence-electron chi connectivity index (χ0n) is 11.8. The smallest absolute Gasteiger partial charge is 0.255 e. The molecule has 6 heteroatoms. The highest BCUT2D eigenvalue weighted by molar-refractivity contribution is 7.89. The predicted octanol–water partition coefficient (Wildman–Crippen LogP) is 1.66. The molecule has 1 aliphatic heterocycles. The molecule has 1 atom stereocenters. The van der Waals surface area contributed by atoms with Gasteiger partial charge in [-0.3, -0.25) is 4.79 Å². The van der Waals surface area contributed by atoms with Crippen LogP contribution in [0.3, 0.4) is 0 Å². The summed E-state index contributed by atoms with van der Waals surface area (Å²) >= 11 is 0. The van der Waals surface area contributed by atoms with Gasteiger partial charge < -0.3 is 4.90 Å². The molecule has 1 aromatic carbocycles. The number of aryl methyl sites for hydroxylation is 1. The zero-order chi connectivity index (χ0) is 14.9. The molecule has 110 valence electrons. The molecule has 1 amide bonds. The number of amides is 1. The molecule has 0 aliphatic carbocycles. The van der Waals surface area contributed by atoms with Crippen molar-refractivity contribution in [2.45, 2.75) is 44.0 Å². The van der Waals surface area contributed by atoms with Gasteiger partial charge >= 0.3 is 0 Å². The highest BCUT2D eigenvalue weighted by atomic mass is 32.2. The summed E-state index contributed by atoms with van der Waals surface area (Å²) in [6.45, 7) is 4.48. The second kappa shape index (κ2) is 5.54. The molecule has 2 rings (SSSR count). The van der Waals surface area contributed by atoms with Crippen LogP contribution in [-0.4, -0.2) is 31.8 Å². The van der Waals surface area contributed by atoms with Crippen LogP contribution in [0.4, 0.5) is 0 Å². The van der Waals surface area contributed by atoms with Crippen molar-refractivity contribution in [1.82, 2.24) is 4.90 Å². The summed E-state index contributed by atoms with van der Waals surface area (Å²) in [6, 6.07) is 4.79. The molecule has 1 fully saturated rings. The average Bonchev–Trinajstić information content (AvgIpc) is 2.37. The molecule has 0 saturated carbocycles. The van der Waals surface area contributed by atoms with E-state index in [2.05, 4.69) is 0 Å². The molecule has 1 aromatic rings. The number of primary sulfonamides is 1. The van der Waals surface area contributed by atoms with Gasteiger partial charge in [-0.25, -0.2) is 13.6 Å². The summed E-state index contributed by atoms with van der Waals surface area (Å²) in [5, 5.41) is 5.21. The van der Waals surface area contributed by atoms with E-state index in [9.17, 15) is 13.2 Å². The van der Waals surface area contributed by atoms with Gasteiger partial charge in [-0.1, -0.05) is 11.6 Å². The minimum absolute atomic E-state index is 0.0918. The van der Waals surface area contributed by atoms with Crippen LogP contribution >= 0.6 is 0 Å². The maximum Gasteiger partial charge on any atom is 0.255 e. The number of hydrogen-bond acceptors (Lipinski definition) is 3. The topological polar surface area (TPSA) is 80.5 Å². The SMILES string of the molecule is Cc1ccc(S(N)(=O)=O)c(C(=O)N2CCCCC2C)c1. The normalized spacial score (nSPS) is 19.9. The van der Waals surface area contributed by atoms with E-state index < -0.39 is 10.0 Å². The fourth-order valence-corrected chi connectivity index (χ4v) is 3.32. The summed E-state index contributed by atoms with van der Waals surface area (Å²) in [4.78, 5) is 14.3. The van der Waals surface area contributed by atoms with Crippen molar-refractivity contribution >= 4 is 15.9 Å². The predicted molar refractivity (Wildman–Crippen MR) is 76.9 cm³/mol. The minimum Gasteiger partial charge on any atom is -0.336 e. The lowest BCUT2D eigenvalue weighted by atomic mass is 10.0. The molecule has 0 radical (unpaired) electrons. The second-order valence-corrected chi connectivity index (χ2v) is 6.92. The van der Waals surface area contributed by atoms with Crippen LogP contribution in [0.15, 0.2) is 23.1 Å². The fourth-order valence-electron chi connectivity index (χ4n) is 2.61. The highest BCUT2D eigenvalue weighted by Crippen LogP contribution is 2.23. The molecule has 1 aliphatic rings. The van der Waals surface area contributed by atoms with Gasteiger partial charge in [0.05, 0.1) is 10.5 Å². The maximum atomic E-state index is 12.6. The number of benzene rings is 1. The first-order valence-electron chi connectivity index (χ1n) is 6.75. The number of likely N-dealkylation sites (tertiary alicyclic amines) is 1. The second-order valence-electron chi connectivity index (χ2n) is 5.39. The molecule has 0 spiro atoms. The largest absolute Gasteiger partial charge is 0.336 e. The van der Waals surface area contributed by atoms with Gasteiger partial charge in [0.2, 0.25) is 10.0 Å². The first-order valence-corrected chi connectivity index (χ1v) is 8.30. The Kier molecular flexibility index (Phi) is 4.15. The van der Waals surface area contributed by atoms with E-state index >= 15 is 0 Å². The Bertz CT molecular complexity index is 625. The van der Waals surface area contributed by atoms with E-state index in [4.69, 9.17) is 5.14 Å². The number of carbonyl (C=O) groups excluding carboxylic acids is 1. The van der Waals surface area contributed by atoms with E-state index in [1.165, 1.54) is 6.07 Å². The van der Waals surface area contributed by atoms with Gasteiger partial charge in [0.25, 0.3) is 5.91 Å². The number of nitrogens with zero attached hydrogens (tertiary/aromatic N) is 1. The lowest BCUT2D eigenvalue weighted by Gasteiger charge is -2.33. The molecular formula is C14H20N2O3S. The lowest BCUT2D eigenvalue weighted by molar-refractivity contribution is 0.0631. The molecule has 1 unspecified atom stereocenters. The van der Waals surface area contributed by atoms with E-state index in [0.717, 1.165) is 24.8 Å². The van der Waals surface area contributed by atoms with Gasteiger partial charge in [0, 0.05) is 12.6 Å². The monoisotopic (exact) mass is 296 g/mol. The number of sulfonamides is 1. The molecular weight excluding hydrogens is 276 g/mol. The molecule has 20 heavy (non-hydrogen) atoms. The summed E-state index contributed by atoms with van der Waals surface area (Å²) in [7, 11) is -3.90. The van der Waals surface area contributed by atoms with E-state index in [0.29, 0.717) is 6.54 Å². The third kappa shape index (κ3) is 3.02. The summed E-state index contributed by atoms with van der Waals surface area (Å²) < 4.78 is 23.3. The van der Waals surface area contributed by atoms with Gasteiger partial charge in [0.15, 0.2) is 0 Å². The number of nitrogens with two attached hydrogens (primary N) is 1. The Morgan fingerprint density at radius 1 is 1.35 bits per heavy atom. The molecule has 5 nitrogen and oxygen atoms in total. The summed E-state index contributed by atoms with van der Waals surface area (Å²) in [5.74, 6) is -0.245. The molecule has 0 bridgehead atoms. The van der Waals surface area contributed by atoms with Crippen LogP contribution in [0, 0.1) is 6.92 Å². The standard InChI is InChI=1S/C14H20N2O3S/c1-10-6-7-13(20(15,18)19)12(9-10)14(17)16-8-4-3-5-11(16)2/h6-7,9,11H,3-5,8H2,1-2H3,(H2,15,18,19). The van der Waals surface area contributed by atoms with Crippen molar-refractivity contribution < 1.29 is 13.2 Å². The van der Waals surface area contributed by atoms with Gasteiger partial charge in [-0.2, -0.15) is 0 Å². The van der Waals surface area contributed by atoms with Crippen LogP contribution in [0.5, 0.6) is 0 Å². The van der Waals surface area contributed by atoms with Crippen molar-refractivity contribution in [2.24, 2.45) is 5.14 Å². The van der Waals surface area contributed by atoms with Crippen molar-refractivity contribution in [2.75, 3.05) is 6.54 Å². The van der Waals surface area contributed by atoms with Crippen LogP contribution < -0.4 is 5.14 Å². The van der Waals surface area contributed by atoms with Crippen molar-refractivity contribution in [3.8, 4) is 0 Å². The summed E-state index contributed by atoms with van der Waals surface area (Å²) in [6.07, 6.45) is 3.00. The highest BCUT2D eigenvalue weighted by Gasteiger charge is 2.28. The first kappa shape index (κ1) is 15.0. The lowest BCUT2D eigenvalue weighted by Crippen LogP contribution is -2.42. The van der Waals surface area contributed by atoms with Gasteiger partial charge in [-0.15, -0.1) is 0 Å². The Balaban J connectivity index is 2.46. The van der Waals surface area contributed by atoms with Crippen LogP contribution in [0.25, 0.3) is 0 Å². The van der Waals surface area contributed by atoms with Crippen molar-refractivity contribution in [1.29, 1.82) is 0 Å². The molecule has 0 aromatic heterocycles. The van der Waals surface area contributed by atoms with Gasteiger partial charge in [0.1, 0.15) is 0 Å². The molecule has 2 N–H and O–H groups in total. The van der Waals surface area contributed by atoms with E-state index in [-0.39, 0.29) is 22.4 Å². The quantitative estimate of drug-likeness (QED) is 0.901. The number of carbonyl (C=O) groups is 1. The molecule has 1 saturated heterocycles. The zero-order valence-corrected chi connectivity index (χ0v) is 12.6. The molecule has 1 heterocycles. The Morgan fingerprint density at radius 3 is 2.65 bits per heavy atom. The third-order valence-corrected chi connectivity index (χ3v) is 4.70. The minimum atomic E-state index is -3.90. The maximum absolute atomic E-state index is 12.6.